The number of esters is 1. The molecule has 0 aromatic heterocycles. The Bertz CT molecular complexity index is 382. The third kappa shape index (κ3) is 7.25. The van der Waals surface area contributed by atoms with Crippen LogP contribution in [0.4, 0.5) is 0 Å². The average molecular weight is 300 g/mol. The maximum Gasteiger partial charge on any atom is 0.311 e. The van der Waals surface area contributed by atoms with Gasteiger partial charge in [0.25, 0.3) is 0 Å². The van der Waals surface area contributed by atoms with Gasteiger partial charge in [-0.25, -0.2) is 0 Å². The van der Waals surface area contributed by atoms with Crippen molar-refractivity contribution < 1.29 is 24.2 Å². The fourth-order valence-corrected chi connectivity index (χ4v) is 1.97. The molecule has 0 amide bonds. The molecule has 0 saturated heterocycles. The number of aliphatic carboxylic acids is 1. The van der Waals surface area contributed by atoms with Crippen LogP contribution in [-0.4, -0.2) is 29.4 Å². The quantitative estimate of drug-likeness (QED) is 0.495. The number of ketones is 1. The van der Waals surface area contributed by atoms with Crippen LogP contribution < -0.4 is 0 Å². The van der Waals surface area contributed by atoms with Crippen LogP contribution in [0.3, 0.4) is 0 Å². The van der Waals surface area contributed by atoms with Crippen molar-refractivity contribution in [3.63, 3.8) is 0 Å². The number of hydrogen-bond acceptors (Lipinski definition) is 4. The van der Waals surface area contributed by atoms with E-state index in [1.165, 1.54) is 0 Å². The van der Waals surface area contributed by atoms with Crippen LogP contribution in [0, 0.1) is 10.8 Å². The van der Waals surface area contributed by atoms with Crippen molar-refractivity contribution in [2.45, 2.75) is 66.7 Å². The third-order valence-electron chi connectivity index (χ3n) is 3.55. The monoisotopic (exact) mass is 300 g/mol. The molecule has 0 saturated carbocycles. The minimum atomic E-state index is -1.01. The van der Waals surface area contributed by atoms with Crippen molar-refractivity contribution >= 4 is 17.7 Å². The lowest BCUT2D eigenvalue weighted by Gasteiger charge is -2.22. The zero-order valence-corrected chi connectivity index (χ0v) is 13.8. The summed E-state index contributed by atoms with van der Waals surface area (Å²) in [6.07, 6.45) is 2.46. The standard InChI is InChI=1S/C16H28O5/c1-6-21-14(20)15(2,3)10-8-7-9-12(17)11-16(4,5)13(18)19/h6-11H2,1-5H3,(H,18,19). The van der Waals surface area contributed by atoms with E-state index in [0.29, 0.717) is 25.9 Å². The minimum absolute atomic E-state index is 0.0451. The first-order valence-electron chi connectivity index (χ1n) is 7.45. The van der Waals surface area contributed by atoms with Crippen molar-refractivity contribution in [3.8, 4) is 0 Å². The largest absolute Gasteiger partial charge is 0.481 e. The predicted octanol–water partition coefficient (Wildman–Crippen LogP) is 3.21. The van der Waals surface area contributed by atoms with Gasteiger partial charge in [0.1, 0.15) is 5.78 Å². The van der Waals surface area contributed by atoms with Gasteiger partial charge in [-0.1, -0.05) is 6.42 Å². The Kier molecular flexibility index (Phi) is 7.61. The van der Waals surface area contributed by atoms with E-state index >= 15 is 0 Å². The molecule has 0 bridgehead atoms. The summed E-state index contributed by atoms with van der Waals surface area (Å²) in [7, 11) is 0. The molecule has 0 aliphatic carbocycles. The summed E-state index contributed by atoms with van der Waals surface area (Å²) in [5, 5.41) is 8.98. The van der Waals surface area contributed by atoms with Crippen LogP contribution in [0.15, 0.2) is 0 Å². The number of hydrogen-bond donors (Lipinski definition) is 1. The molecular formula is C16H28O5. The summed E-state index contributed by atoms with van der Waals surface area (Å²) < 4.78 is 5.01. The van der Waals surface area contributed by atoms with Gasteiger partial charge >= 0.3 is 11.9 Å². The van der Waals surface area contributed by atoms with E-state index in [1.54, 1.807) is 20.8 Å². The van der Waals surface area contributed by atoms with Crippen molar-refractivity contribution in [1.29, 1.82) is 0 Å². The number of carbonyl (C=O) groups excluding carboxylic acids is 2. The highest BCUT2D eigenvalue weighted by Gasteiger charge is 2.30. The van der Waals surface area contributed by atoms with Gasteiger partial charge in [0.2, 0.25) is 0 Å². The first-order chi connectivity index (χ1) is 9.53. The summed E-state index contributed by atoms with van der Waals surface area (Å²) in [6, 6.07) is 0. The fourth-order valence-electron chi connectivity index (χ4n) is 1.97. The Morgan fingerprint density at radius 1 is 1.00 bits per heavy atom. The topological polar surface area (TPSA) is 80.7 Å². The molecule has 0 aliphatic rings. The van der Waals surface area contributed by atoms with E-state index in [9.17, 15) is 14.4 Å². The summed E-state index contributed by atoms with van der Waals surface area (Å²) in [4.78, 5) is 34.4. The van der Waals surface area contributed by atoms with E-state index in [4.69, 9.17) is 9.84 Å². The molecular weight excluding hydrogens is 272 g/mol. The molecule has 0 aromatic carbocycles. The second kappa shape index (κ2) is 8.15. The predicted molar refractivity (Wildman–Crippen MR) is 79.9 cm³/mol. The molecule has 0 atom stereocenters. The molecule has 0 aliphatic heterocycles. The van der Waals surface area contributed by atoms with Gasteiger partial charge in [-0.3, -0.25) is 14.4 Å². The number of carboxylic acids is 1. The summed E-state index contributed by atoms with van der Waals surface area (Å²) >= 11 is 0. The van der Waals surface area contributed by atoms with Gasteiger partial charge in [0.15, 0.2) is 0 Å². The first kappa shape index (κ1) is 19.6. The zero-order valence-electron chi connectivity index (χ0n) is 13.8. The van der Waals surface area contributed by atoms with Gasteiger partial charge in [0.05, 0.1) is 17.4 Å². The highest BCUT2D eigenvalue weighted by atomic mass is 16.5. The smallest absolute Gasteiger partial charge is 0.311 e. The molecule has 21 heavy (non-hydrogen) atoms. The number of ether oxygens (including phenoxy) is 1. The van der Waals surface area contributed by atoms with Crippen molar-refractivity contribution in [1.82, 2.24) is 0 Å². The lowest BCUT2D eigenvalue weighted by Crippen LogP contribution is -2.27. The third-order valence-corrected chi connectivity index (χ3v) is 3.55. The first-order valence-corrected chi connectivity index (χ1v) is 7.45. The lowest BCUT2D eigenvalue weighted by atomic mass is 9.84. The van der Waals surface area contributed by atoms with Crippen LogP contribution in [0.25, 0.3) is 0 Å². The highest BCUT2D eigenvalue weighted by molar-refractivity contribution is 5.85. The number of carboxylic acid groups (broad SMARTS) is 1. The van der Waals surface area contributed by atoms with Gasteiger partial charge in [-0.05, 0) is 47.5 Å². The van der Waals surface area contributed by atoms with Crippen molar-refractivity contribution in [3.05, 3.63) is 0 Å². The second-order valence-corrected chi connectivity index (χ2v) is 6.72. The molecule has 0 radical (unpaired) electrons. The van der Waals surface area contributed by atoms with Crippen molar-refractivity contribution in [2.24, 2.45) is 10.8 Å². The van der Waals surface area contributed by atoms with Crippen LogP contribution in [0.5, 0.6) is 0 Å². The molecule has 5 heteroatoms. The van der Waals surface area contributed by atoms with Gasteiger partial charge in [-0.2, -0.15) is 0 Å². The molecule has 0 fully saturated rings. The molecule has 1 N–H and O–H groups in total. The average Bonchev–Trinajstić information content (AvgIpc) is 2.34. The molecule has 5 nitrogen and oxygen atoms in total. The van der Waals surface area contributed by atoms with E-state index < -0.39 is 16.8 Å². The Morgan fingerprint density at radius 2 is 1.57 bits per heavy atom. The maximum absolute atomic E-state index is 11.8. The van der Waals surface area contributed by atoms with Crippen LogP contribution >= 0.6 is 0 Å². The molecule has 0 unspecified atom stereocenters. The fraction of sp³-hybridized carbons (Fsp3) is 0.812. The Balaban J connectivity index is 4.08. The van der Waals surface area contributed by atoms with E-state index in [0.717, 1.165) is 6.42 Å². The van der Waals surface area contributed by atoms with Crippen molar-refractivity contribution in [2.75, 3.05) is 6.61 Å². The van der Waals surface area contributed by atoms with Crippen LogP contribution in [0.1, 0.15) is 66.7 Å². The highest BCUT2D eigenvalue weighted by Crippen LogP contribution is 2.26. The lowest BCUT2D eigenvalue weighted by molar-refractivity contribution is -0.154. The Labute approximate surface area is 127 Å². The molecule has 0 aromatic rings. The number of Topliss-reactive ketones (excluding diaryl/α,β-unsaturated/α-hetero) is 1. The molecule has 122 valence electrons. The number of unbranched alkanes of at least 4 members (excludes halogenated alkanes) is 1. The van der Waals surface area contributed by atoms with Gasteiger partial charge < -0.3 is 9.84 Å². The summed E-state index contributed by atoms with van der Waals surface area (Å²) in [5.74, 6) is -1.22. The zero-order chi connectivity index (χ0) is 16.7. The summed E-state index contributed by atoms with van der Waals surface area (Å²) in [5.41, 5.74) is -1.55. The maximum atomic E-state index is 11.8. The van der Waals surface area contributed by atoms with Gasteiger partial charge in [-0.15, -0.1) is 0 Å². The second-order valence-electron chi connectivity index (χ2n) is 6.72. The Hall–Kier alpha value is -1.39. The molecule has 0 spiro atoms. The van der Waals surface area contributed by atoms with Crippen LogP contribution in [-0.2, 0) is 19.1 Å². The minimum Gasteiger partial charge on any atom is -0.481 e. The molecule has 0 heterocycles. The Morgan fingerprint density at radius 3 is 2.05 bits per heavy atom. The van der Waals surface area contributed by atoms with Crippen LogP contribution in [0.2, 0.25) is 0 Å². The normalized spacial score (nSPS) is 12.0. The SMILES string of the molecule is CCOC(=O)C(C)(C)CCCCC(=O)CC(C)(C)C(=O)O. The summed E-state index contributed by atoms with van der Waals surface area (Å²) in [6.45, 7) is 8.91. The molecule has 0 rings (SSSR count). The number of carbonyl (C=O) groups is 3. The van der Waals surface area contributed by atoms with E-state index in [1.807, 2.05) is 13.8 Å². The number of rotatable bonds is 10. The van der Waals surface area contributed by atoms with E-state index in [-0.39, 0.29) is 18.2 Å². The van der Waals surface area contributed by atoms with Gasteiger partial charge in [0, 0.05) is 12.8 Å². The van der Waals surface area contributed by atoms with E-state index in [2.05, 4.69) is 0 Å².